The van der Waals surface area contributed by atoms with Gasteiger partial charge in [-0.1, -0.05) is 25.7 Å². The molecule has 3 fully saturated rings. The molecule has 0 aromatic heterocycles. The highest BCUT2D eigenvalue weighted by molar-refractivity contribution is 14.0. The highest BCUT2D eigenvalue weighted by atomic mass is 127. The van der Waals surface area contributed by atoms with Crippen LogP contribution < -0.4 is 10.6 Å². The normalized spacial score (nSPS) is 32.6. The molecular formula is C19H37IN4O. The fraction of sp³-hybridized carbons (Fsp3) is 0.947. The van der Waals surface area contributed by atoms with Crippen molar-refractivity contribution in [2.45, 2.75) is 94.9 Å². The van der Waals surface area contributed by atoms with Gasteiger partial charge in [0.2, 0.25) is 0 Å². The highest BCUT2D eigenvalue weighted by Crippen LogP contribution is 2.32. The minimum atomic E-state index is -0.579. The summed E-state index contributed by atoms with van der Waals surface area (Å²) in [6.45, 7) is 3.50. The second kappa shape index (κ2) is 9.74. The first-order valence-electron chi connectivity index (χ1n) is 10.1. The van der Waals surface area contributed by atoms with Crippen molar-refractivity contribution in [2.75, 3.05) is 20.1 Å². The van der Waals surface area contributed by atoms with Crippen LogP contribution in [0.1, 0.15) is 71.1 Å². The van der Waals surface area contributed by atoms with Gasteiger partial charge in [-0.3, -0.25) is 4.99 Å². The van der Waals surface area contributed by atoms with E-state index in [2.05, 4.69) is 29.5 Å². The summed E-state index contributed by atoms with van der Waals surface area (Å²) in [5.74, 6) is 0.893. The molecule has 1 aliphatic carbocycles. The van der Waals surface area contributed by atoms with Crippen molar-refractivity contribution in [3.05, 3.63) is 0 Å². The topological polar surface area (TPSA) is 59.9 Å². The predicted molar refractivity (Wildman–Crippen MR) is 115 cm³/mol. The van der Waals surface area contributed by atoms with Gasteiger partial charge >= 0.3 is 0 Å². The minimum absolute atomic E-state index is 0. The Labute approximate surface area is 170 Å². The van der Waals surface area contributed by atoms with Gasteiger partial charge in [-0.15, -0.1) is 24.0 Å². The summed E-state index contributed by atoms with van der Waals surface area (Å²) in [6, 6.07) is 1.95. The number of aliphatic imine (C=N–C) groups is 1. The number of fused-ring (bicyclic) bond motifs is 2. The summed E-state index contributed by atoms with van der Waals surface area (Å²) in [5.41, 5.74) is -0.579. The molecular weight excluding hydrogens is 427 g/mol. The minimum Gasteiger partial charge on any atom is -0.388 e. The quantitative estimate of drug-likeness (QED) is 0.340. The monoisotopic (exact) mass is 464 g/mol. The van der Waals surface area contributed by atoms with Crippen LogP contribution in [0.5, 0.6) is 0 Å². The molecule has 6 heteroatoms. The van der Waals surface area contributed by atoms with Gasteiger partial charge in [-0.25, -0.2) is 0 Å². The number of nitrogens with zero attached hydrogens (tertiary/aromatic N) is 2. The fourth-order valence-electron chi connectivity index (χ4n) is 4.84. The first-order valence-corrected chi connectivity index (χ1v) is 10.1. The van der Waals surface area contributed by atoms with Gasteiger partial charge in [0.15, 0.2) is 5.96 Å². The molecule has 0 amide bonds. The zero-order chi connectivity index (χ0) is 17.0. The first kappa shape index (κ1) is 21.2. The number of piperidine rings is 2. The van der Waals surface area contributed by atoms with Crippen molar-refractivity contribution in [1.82, 2.24) is 15.5 Å². The predicted octanol–water partition coefficient (Wildman–Crippen LogP) is 2.87. The van der Waals surface area contributed by atoms with Crippen LogP contribution in [0.2, 0.25) is 0 Å². The maximum absolute atomic E-state index is 10.7. The lowest BCUT2D eigenvalue weighted by molar-refractivity contribution is 0.0130. The Morgan fingerprint density at radius 3 is 2.36 bits per heavy atom. The van der Waals surface area contributed by atoms with Crippen molar-refractivity contribution in [3.8, 4) is 0 Å². The van der Waals surface area contributed by atoms with Gasteiger partial charge in [0, 0.05) is 24.7 Å². The lowest BCUT2D eigenvalue weighted by Crippen LogP contribution is -2.56. The van der Waals surface area contributed by atoms with Crippen molar-refractivity contribution in [1.29, 1.82) is 0 Å². The van der Waals surface area contributed by atoms with Gasteiger partial charge in [0.05, 0.1) is 12.1 Å². The van der Waals surface area contributed by atoms with Crippen LogP contribution >= 0.6 is 24.0 Å². The van der Waals surface area contributed by atoms with E-state index < -0.39 is 5.60 Å². The number of guanidine groups is 1. The molecule has 25 heavy (non-hydrogen) atoms. The van der Waals surface area contributed by atoms with E-state index in [0.717, 1.165) is 50.3 Å². The number of hydrogen-bond donors (Lipinski definition) is 3. The molecule has 0 aromatic rings. The number of halogens is 1. The molecule has 0 aromatic carbocycles. The molecule has 3 aliphatic rings. The summed E-state index contributed by atoms with van der Waals surface area (Å²) in [6.07, 6.45) is 11.8. The van der Waals surface area contributed by atoms with Crippen LogP contribution in [-0.4, -0.2) is 59.8 Å². The van der Waals surface area contributed by atoms with Gasteiger partial charge in [-0.2, -0.15) is 0 Å². The molecule has 3 rings (SSSR count). The zero-order valence-corrected chi connectivity index (χ0v) is 18.3. The molecule has 0 radical (unpaired) electrons. The Kier molecular flexibility index (Phi) is 8.27. The third-order valence-corrected chi connectivity index (χ3v) is 6.34. The summed E-state index contributed by atoms with van der Waals surface area (Å²) in [7, 11) is 2.29. The number of rotatable bonds is 4. The van der Waals surface area contributed by atoms with Crippen LogP contribution in [0.4, 0.5) is 0 Å². The zero-order valence-electron chi connectivity index (χ0n) is 16.0. The van der Waals surface area contributed by atoms with E-state index in [9.17, 15) is 5.11 Å². The average Bonchev–Trinajstić information content (AvgIpc) is 2.55. The second-order valence-electron chi connectivity index (χ2n) is 8.20. The van der Waals surface area contributed by atoms with E-state index in [4.69, 9.17) is 4.99 Å². The molecule has 2 heterocycles. The van der Waals surface area contributed by atoms with Crippen LogP contribution in [0.15, 0.2) is 4.99 Å². The summed E-state index contributed by atoms with van der Waals surface area (Å²) in [5, 5.41) is 17.7. The Hall–Kier alpha value is -0.0800. The van der Waals surface area contributed by atoms with E-state index in [1.807, 2.05) is 0 Å². The SMILES string of the molecule is CCNC(=NCC1(O)CCCCC1)NC1CC2CCCC(C1)N2C.I. The van der Waals surface area contributed by atoms with Gasteiger partial charge < -0.3 is 20.6 Å². The Bertz CT molecular complexity index is 425. The average molecular weight is 464 g/mol. The number of aliphatic hydroxyl groups is 1. The lowest BCUT2D eigenvalue weighted by Gasteiger charge is -2.47. The number of nitrogens with one attached hydrogen (secondary N) is 2. The molecule has 2 atom stereocenters. The van der Waals surface area contributed by atoms with E-state index in [-0.39, 0.29) is 24.0 Å². The van der Waals surface area contributed by atoms with Crippen LogP contribution in [-0.2, 0) is 0 Å². The molecule has 2 unspecified atom stereocenters. The molecule has 2 aliphatic heterocycles. The van der Waals surface area contributed by atoms with Crippen molar-refractivity contribution in [3.63, 3.8) is 0 Å². The molecule has 3 N–H and O–H groups in total. The Balaban J connectivity index is 0.00000225. The van der Waals surface area contributed by atoms with E-state index in [1.165, 1.54) is 38.5 Å². The third kappa shape index (κ3) is 5.70. The van der Waals surface area contributed by atoms with Gasteiger partial charge in [-0.05, 0) is 52.5 Å². The molecule has 0 spiro atoms. The molecule has 2 saturated heterocycles. The molecule has 5 nitrogen and oxygen atoms in total. The van der Waals surface area contributed by atoms with E-state index in [1.54, 1.807) is 0 Å². The highest BCUT2D eigenvalue weighted by Gasteiger charge is 2.36. The summed E-state index contributed by atoms with van der Waals surface area (Å²) >= 11 is 0. The van der Waals surface area contributed by atoms with Crippen LogP contribution in [0.25, 0.3) is 0 Å². The smallest absolute Gasteiger partial charge is 0.191 e. The maximum Gasteiger partial charge on any atom is 0.191 e. The van der Waals surface area contributed by atoms with Gasteiger partial charge in [0.25, 0.3) is 0 Å². The number of hydrogen-bond acceptors (Lipinski definition) is 3. The van der Waals surface area contributed by atoms with Crippen LogP contribution in [0.3, 0.4) is 0 Å². The summed E-state index contributed by atoms with van der Waals surface area (Å²) in [4.78, 5) is 7.34. The maximum atomic E-state index is 10.7. The molecule has 146 valence electrons. The fourth-order valence-corrected chi connectivity index (χ4v) is 4.84. The van der Waals surface area contributed by atoms with Crippen molar-refractivity contribution < 1.29 is 5.11 Å². The van der Waals surface area contributed by atoms with Gasteiger partial charge in [0.1, 0.15) is 0 Å². The van der Waals surface area contributed by atoms with E-state index in [0.29, 0.717) is 12.6 Å². The van der Waals surface area contributed by atoms with Crippen molar-refractivity contribution >= 4 is 29.9 Å². The third-order valence-electron chi connectivity index (χ3n) is 6.34. The second-order valence-corrected chi connectivity index (χ2v) is 8.20. The largest absolute Gasteiger partial charge is 0.388 e. The standard InChI is InChI=1S/C19H36N4O.HI/c1-3-20-18(21-14-19(24)10-5-4-6-11-19)22-15-12-16-8-7-9-17(13-15)23(16)2;/h15-17,24H,3-14H2,1-2H3,(H2,20,21,22);1H. The Morgan fingerprint density at radius 2 is 1.76 bits per heavy atom. The Morgan fingerprint density at radius 1 is 1.12 bits per heavy atom. The molecule has 1 saturated carbocycles. The lowest BCUT2D eigenvalue weighted by atomic mass is 9.82. The van der Waals surface area contributed by atoms with E-state index >= 15 is 0 Å². The van der Waals surface area contributed by atoms with Crippen LogP contribution in [0, 0.1) is 0 Å². The first-order chi connectivity index (χ1) is 11.6. The summed E-state index contributed by atoms with van der Waals surface area (Å²) < 4.78 is 0. The molecule has 2 bridgehead atoms. The van der Waals surface area contributed by atoms with Crippen molar-refractivity contribution in [2.24, 2.45) is 4.99 Å².